The zero-order valence-electron chi connectivity index (χ0n) is 11.3. The van der Waals surface area contributed by atoms with Gasteiger partial charge in [0.05, 0.1) is 5.52 Å². The summed E-state index contributed by atoms with van der Waals surface area (Å²) in [6.07, 6.45) is 3.52. The Labute approximate surface area is 117 Å². The predicted molar refractivity (Wildman–Crippen MR) is 80.0 cm³/mol. The quantitative estimate of drug-likeness (QED) is 0.615. The first-order valence-corrected chi connectivity index (χ1v) is 6.69. The number of aryl methyl sites for hydroxylation is 1. The molecule has 0 radical (unpaired) electrons. The summed E-state index contributed by atoms with van der Waals surface area (Å²) in [7, 11) is 0. The van der Waals surface area contributed by atoms with Gasteiger partial charge in [-0.3, -0.25) is 0 Å². The third-order valence-corrected chi connectivity index (χ3v) is 3.03. The molecule has 2 aromatic heterocycles. The summed E-state index contributed by atoms with van der Waals surface area (Å²) in [4.78, 5) is 8.31. The van der Waals surface area contributed by atoms with Gasteiger partial charge in [-0.1, -0.05) is 43.6 Å². The summed E-state index contributed by atoms with van der Waals surface area (Å²) >= 11 is 6.15. The second-order valence-electron chi connectivity index (χ2n) is 3.88. The Hall–Kier alpha value is -1.87. The zero-order chi connectivity index (χ0) is 13.8. The number of nitrogens with zero attached hydrogens (tertiary/aromatic N) is 3. The Bertz CT molecular complexity index is 674. The van der Waals surface area contributed by atoms with Gasteiger partial charge in [-0.25, -0.2) is 9.97 Å². The van der Waals surface area contributed by atoms with Crippen molar-refractivity contribution >= 4 is 22.6 Å². The number of halogens is 1. The summed E-state index contributed by atoms with van der Waals surface area (Å²) in [5.74, 6) is 0. The Morgan fingerprint density at radius 3 is 2.42 bits per heavy atom. The lowest BCUT2D eigenvalue weighted by Gasteiger charge is -2.04. The number of hydrogen-bond donors (Lipinski definition) is 0. The van der Waals surface area contributed by atoms with Crippen LogP contribution < -0.4 is 0 Å². The van der Waals surface area contributed by atoms with Crippen molar-refractivity contribution in [2.45, 2.75) is 20.8 Å². The van der Waals surface area contributed by atoms with E-state index in [4.69, 9.17) is 11.6 Å². The zero-order valence-corrected chi connectivity index (χ0v) is 12.0. The van der Waals surface area contributed by atoms with Crippen molar-refractivity contribution in [2.24, 2.45) is 0 Å². The maximum absolute atomic E-state index is 6.15. The third kappa shape index (κ3) is 2.47. The van der Waals surface area contributed by atoms with Gasteiger partial charge in [0.25, 0.3) is 0 Å². The van der Waals surface area contributed by atoms with Gasteiger partial charge in [0.15, 0.2) is 5.15 Å². The van der Waals surface area contributed by atoms with E-state index in [1.165, 1.54) is 6.33 Å². The van der Waals surface area contributed by atoms with Crippen molar-refractivity contribution in [1.29, 1.82) is 0 Å². The van der Waals surface area contributed by atoms with Crippen LogP contribution in [0.3, 0.4) is 0 Å². The highest BCUT2D eigenvalue weighted by atomic mass is 35.5. The van der Waals surface area contributed by atoms with Crippen molar-refractivity contribution in [3.05, 3.63) is 53.6 Å². The molecule has 1 aromatic carbocycles. The van der Waals surface area contributed by atoms with E-state index in [2.05, 4.69) is 9.97 Å². The fourth-order valence-corrected chi connectivity index (χ4v) is 2.20. The Balaban J connectivity index is 0.000000637. The lowest BCUT2D eigenvalue weighted by Crippen LogP contribution is -1.93. The first kappa shape index (κ1) is 13.6. The van der Waals surface area contributed by atoms with E-state index in [1.54, 1.807) is 0 Å². The average molecular weight is 274 g/mol. The molecule has 4 heteroatoms. The molecule has 0 saturated heterocycles. The van der Waals surface area contributed by atoms with Crippen molar-refractivity contribution in [3.8, 4) is 5.69 Å². The van der Waals surface area contributed by atoms with Crippen LogP contribution in [0.1, 0.15) is 19.4 Å². The van der Waals surface area contributed by atoms with E-state index in [0.717, 1.165) is 22.3 Å². The maximum Gasteiger partial charge on any atom is 0.157 e. The summed E-state index contributed by atoms with van der Waals surface area (Å²) in [6, 6.07) is 10.0. The normalized spacial score (nSPS) is 10.1. The molecule has 19 heavy (non-hydrogen) atoms. The van der Waals surface area contributed by atoms with Crippen LogP contribution in [0, 0.1) is 6.92 Å². The van der Waals surface area contributed by atoms with Crippen LogP contribution in [-0.4, -0.2) is 14.5 Å². The Kier molecular flexibility index (Phi) is 4.17. The highest BCUT2D eigenvalue weighted by molar-refractivity contribution is 6.33. The van der Waals surface area contributed by atoms with Crippen LogP contribution in [0.4, 0.5) is 0 Å². The van der Waals surface area contributed by atoms with Crippen LogP contribution in [0.15, 0.2) is 42.9 Å². The predicted octanol–water partition coefficient (Wildman–Crippen LogP) is 4.41. The third-order valence-electron chi connectivity index (χ3n) is 2.75. The number of rotatable bonds is 1. The Morgan fingerprint density at radius 2 is 1.74 bits per heavy atom. The smallest absolute Gasteiger partial charge is 0.157 e. The van der Waals surface area contributed by atoms with Crippen LogP contribution in [0.5, 0.6) is 0 Å². The van der Waals surface area contributed by atoms with Gasteiger partial charge in [0, 0.05) is 11.9 Å². The molecular formula is C15H16ClN3. The van der Waals surface area contributed by atoms with Crippen molar-refractivity contribution in [3.63, 3.8) is 0 Å². The lowest BCUT2D eigenvalue weighted by molar-refractivity contribution is 1.10. The van der Waals surface area contributed by atoms with Gasteiger partial charge in [0.2, 0.25) is 0 Å². The van der Waals surface area contributed by atoms with Crippen LogP contribution in [-0.2, 0) is 0 Å². The van der Waals surface area contributed by atoms with E-state index in [1.807, 2.05) is 61.9 Å². The van der Waals surface area contributed by atoms with E-state index in [-0.39, 0.29) is 0 Å². The minimum atomic E-state index is 0.479. The molecule has 0 unspecified atom stereocenters. The Morgan fingerprint density at radius 1 is 1.05 bits per heavy atom. The number of hydrogen-bond acceptors (Lipinski definition) is 2. The number of para-hydroxylation sites is 1. The molecule has 0 spiro atoms. The molecule has 0 amide bonds. The number of fused-ring (bicyclic) bond motifs is 1. The second kappa shape index (κ2) is 5.85. The van der Waals surface area contributed by atoms with Gasteiger partial charge in [-0.2, -0.15) is 0 Å². The summed E-state index contributed by atoms with van der Waals surface area (Å²) in [5, 5.41) is 0.479. The van der Waals surface area contributed by atoms with E-state index >= 15 is 0 Å². The highest BCUT2D eigenvalue weighted by Crippen LogP contribution is 2.26. The lowest BCUT2D eigenvalue weighted by atomic mass is 10.3. The van der Waals surface area contributed by atoms with E-state index in [9.17, 15) is 0 Å². The minimum absolute atomic E-state index is 0.479. The minimum Gasteiger partial charge on any atom is -0.312 e. The molecule has 2 heterocycles. The average Bonchev–Trinajstić information content (AvgIpc) is 2.81. The van der Waals surface area contributed by atoms with Gasteiger partial charge in [0.1, 0.15) is 11.8 Å². The molecule has 0 aliphatic carbocycles. The first-order valence-electron chi connectivity index (χ1n) is 6.31. The van der Waals surface area contributed by atoms with E-state index in [0.29, 0.717) is 5.15 Å². The largest absolute Gasteiger partial charge is 0.312 e. The molecule has 3 rings (SSSR count). The van der Waals surface area contributed by atoms with E-state index < -0.39 is 0 Å². The van der Waals surface area contributed by atoms with Gasteiger partial charge in [-0.15, -0.1) is 0 Å². The maximum atomic E-state index is 6.15. The summed E-state index contributed by atoms with van der Waals surface area (Å²) < 4.78 is 2.02. The van der Waals surface area contributed by atoms with Crippen LogP contribution >= 0.6 is 11.6 Å². The van der Waals surface area contributed by atoms with Gasteiger partial charge < -0.3 is 4.57 Å². The topological polar surface area (TPSA) is 30.7 Å². The molecule has 0 aliphatic rings. The van der Waals surface area contributed by atoms with Crippen molar-refractivity contribution in [2.75, 3.05) is 0 Å². The molecule has 0 bridgehead atoms. The standard InChI is InChI=1S/C13H10ClN3.C2H6/c1-9-7-17(10-5-3-2-4-6-10)12-11(9)15-8-16-13(12)14;1-2/h2-8H,1H3;1-2H3. The summed E-state index contributed by atoms with van der Waals surface area (Å²) in [5.41, 5.74) is 3.90. The fourth-order valence-electron chi connectivity index (χ4n) is 1.97. The molecule has 0 N–H and O–H groups in total. The highest BCUT2D eigenvalue weighted by Gasteiger charge is 2.11. The second-order valence-corrected chi connectivity index (χ2v) is 4.24. The van der Waals surface area contributed by atoms with Gasteiger partial charge >= 0.3 is 0 Å². The molecule has 0 fully saturated rings. The van der Waals surface area contributed by atoms with Crippen molar-refractivity contribution in [1.82, 2.24) is 14.5 Å². The fraction of sp³-hybridized carbons (Fsp3) is 0.200. The number of aromatic nitrogens is 3. The molecule has 3 aromatic rings. The van der Waals surface area contributed by atoms with Gasteiger partial charge in [-0.05, 0) is 24.6 Å². The summed E-state index contributed by atoms with van der Waals surface area (Å²) in [6.45, 7) is 6.02. The number of benzene rings is 1. The molecule has 0 atom stereocenters. The molecule has 98 valence electrons. The first-order chi connectivity index (χ1) is 9.27. The van der Waals surface area contributed by atoms with Crippen LogP contribution in [0.25, 0.3) is 16.7 Å². The molecular weight excluding hydrogens is 258 g/mol. The molecule has 3 nitrogen and oxygen atoms in total. The molecule has 0 aliphatic heterocycles. The monoisotopic (exact) mass is 273 g/mol. The molecule has 0 saturated carbocycles. The van der Waals surface area contributed by atoms with Crippen LogP contribution in [0.2, 0.25) is 5.15 Å². The SMILES string of the molecule is CC.Cc1cn(-c2ccccc2)c2c(Cl)ncnc12. The van der Waals surface area contributed by atoms with Crippen molar-refractivity contribution < 1.29 is 0 Å².